The lowest BCUT2D eigenvalue weighted by Gasteiger charge is -2.10. The van der Waals surface area contributed by atoms with Crippen LogP contribution in [0.1, 0.15) is 35.1 Å². The number of benzene rings is 2. The summed E-state index contributed by atoms with van der Waals surface area (Å²) in [7, 11) is 0. The quantitative estimate of drug-likeness (QED) is 0.416. The molecule has 0 fully saturated rings. The fourth-order valence-corrected chi connectivity index (χ4v) is 2.20. The summed E-state index contributed by atoms with van der Waals surface area (Å²) in [5.41, 5.74) is 1.36. The lowest BCUT2D eigenvalue weighted by atomic mass is 9.95. The zero-order valence-electron chi connectivity index (χ0n) is 12.9. The number of hydrogen-bond donors (Lipinski definition) is 1. The lowest BCUT2D eigenvalue weighted by Crippen LogP contribution is -1.92. The Kier molecular flexibility index (Phi) is 6.11. The average Bonchev–Trinajstić information content (AvgIpc) is 2.59. The Morgan fingerprint density at radius 3 is 1.52 bits per heavy atom. The molecule has 2 aromatic rings. The number of carbonyl (C=O) groups is 1. The second-order valence-electron chi connectivity index (χ2n) is 5.12. The third kappa shape index (κ3) is 5.04. The van der Waals surface area contributed by atoms with Crippen LogP contribution in [0.5, 0.6) is 0 Å². The molecule has 6 heteroatoms. The van der Waals surface area contributed by atoms with Gasteiger partial charge in [-0.1, -0.05) is 60.7 Å². The Labute approximate surface area is 141 Å². The van der Waals surface area contributed by atoms with Crippen molar-refractivity contribution in [1.29, 1.82) is 0 Å². The second kappa shape index (κ2) is 8.28. The van der Waals surface area contributed by atoms with Gasteiger partial charge in [0.15, 0.2) is 0 Å². The van der Waals surface area contributed by atoms with E-state index in [0.717, 1.165) is 6.08 Å². The third-order valence-electron chi connectivity index (χ3n) is 3.45. The van der Waals surface area contributed by atoms with Gasteiger partial charge in [0.25, 0.3) is 12.9 Å². The van der Waals surface area contributed by atoms with Gasteiger partial charge in [0, 0.05) is 17.2 Å². The molecule has 2 nitrogen and oxygen atoms in total. The van der Waals surface area contributed by atoms with Crippen molar-refractivity contribution in [2.75, 3.05) is 0 Å². The van der Waals surface area contributed by atoms with Crippen LogP contribution in [0.25, 0.3) is 5.57 Å². The van der Waals surface area contributed by atoms with Crippen LogP contribution in [-0.4, -0.2) is 11.1 Å². The summed E-state index contributed by atoms with van der Waals surface area (Å²) in [6.07, 6.45) is -1.50. The number of alkyl halides is 4. The molecule has 0 aliphatic carbocycles. The van der Waals surface area contributed by atoms with Crippen molar-refractivity contribution < 1.29 is 27.5 Å². The first-order chi connectivity index (χ1) is 11.9. The van der Waals surface area contributed by atoms with Gasteiger partial charge in [-0.25, -0.2) is 22.4 Å². The summed E-state index contributed by atoms with van der Waals surface area (Å²) in [4.78, 5) is 10.6. The van der Waals surface area contributed by atoms with Crippen LogP contribution in [0, 0.1) is 0 Å². The molecule has 0 aromatic heterocycles. The van der Waals surface area contributed by atoms with Crippen LogP contribution in [0.4, 0.5) is 17.6 Å². The molecule has 0 saturated carbocycles. The summed E-state index contributed by atoms with van der Waals surface area (Å²) in [5.74, 6) is -1.14. The molecule has 130 valence electrons. The molecule has 0 radical (unpaired) electrons. The molecule has 0 bridgehead atoms. The molecule has 0 amide bonds. The van der Waals surface area contributed by atoms with Crippen molar-refractivity contribution in [2.45, 2.75) is 12.9 Å². The minimum Gasteiger partial charge on any atom is -0.478 e. The van der Waals surface area contributed by atoms with E-state index in [9.17, 15) is 22.4 Å². The van der Waals surface area contributed by atoms with Gasteiger partial charge >= 0.3 is 5.97 Å². The zero-order valence-corrected chi connectivity index (χ0v) is 12.9. The summed E-state index contributed by atoms with van der Waals surface area (Å²) >= 11 is 0. The van der Waals surface area contributed by atoms with Crippen LogP contribution in [0.2, 0.25) is 0 Å². The van der Waals surface area contributed by atoms with E-state index in [0.29, 0.717) is 16.7 Å². The highest BCUT2D eigenvalue weighted by atomic mass is 19.3. The molecular formula is C19H14F4O2. The molecule has 1 N–H and O–H groups in total. The smallest absolute Gasteiger partial charge is 0.328 e. The maximum absolute atomic E-state index is 12.7. The third-order valence-corrected chi connectivity index (χ3v) is 3.45. The Morgan fingerprint density at radius 1 is 0.800 bits per heavy atom. The van der Waals surface area contributed by atoms with Crippen molar-refractivity contribution in [3.05, 3.63) is 89.0 Å². The highest BCUT2D eigenvalue weighted by Gasteiger charge is 2.11. The predicted molar refractivity (Wildman–Crippen MR) is 86.7 cm³/mol. The maximum Gasteiger partial charge on any atom is 0.328 e. The van der Waals surface area contributed by atoms with E-state index in [1.807, 2.05) is 0 Å². The van der Waals surface area contributed by atoms with Crippen LogP contribution >= 0.6 is 0 Å². The maximum atomic E-state index is 12.7. The number of allylic oxidation sites excluding steroid dienone is 2. The van der Waals surface area contributed by atoms with E-state index in [1.165, 1.54) is 60.7 Å². The Bertz CT molecular complexity index is 723. The number of rotatable bonds is 6. The first-order valence-electron chi connectivity index (χ1n) is 7.26. The van der Waals surface area contributed by atoms with E-state index >= 15 is 0 Å². The number of carboxylic acid groups (broad SMARTS) is 1. The van der Waals surface area contributed by atoms with Gasteiger partial charge in [-0.05, 0) is 16.7 Å². The van der Waals surface area contributed by atoms with E-state index in [-0.39, 0.29) is 11.1 Å². The van der Waals surface area contributed by atoms with Crippen molar-refractivity contribution in [3.8, 4) is 0 Å². The Morgan fingerprint density at radius 2 is 1.20 bits per heavy atom. The highest BCUT2D eigenvalue weighted by molar-refractivity contribution is 5.84. The molecule has 0 saturated heterocycles. The number of hydrogen-bond acceptors (Lipinski definition) is 1. The average molecular weight is 350 g/mol. The SMILES string of the molecule is O=C(O)/C=C/C=C(c1ccc(C(F)F)cc1)c1ccc(C(F)F)cc1. The summed E-state index contributed by atoms with van der Waals surface area (Å²) in [6.45, 7) is 0. The summed E-state index contributed by atoms with van der Waals surface area (Å²) < 4.78 is 50.7. The van der Waals surface area contributed by atoms with Crippen LogP contribution in [-0.2, 0) is 4.79 Å². The first-order valence-corrected chi connectivity index (χ1v) is 7.26. The minimum atomic E-state index is -2.60. The monoisotopic (exact) mass is 350 g/mol. The van der Waals surface area contributed by atoms with Crippen molar-refractivity contribution in [3.63, 3.8) is 0 Å². The molecule has 0 atom stereocenters. The Balaban J connectivity index is 2.44. The molecule has 2 rings (SSSR count). The fourth-order valence-electron chi connectivity index (χ4n) is 2.20. The van der Waals surface area contributed by atoms with E-state index in [2.05, 4.69) is 0 Å². The Hall–Kier alpha value is -2.89. The molecule has 0 spiro atoms. The predicted octanol–water partition coefficient (Wildman–Crippen LogP) is 5.63. The fraction of sp³-hybridized carbons (Fsp3) is 0.105. The number of carboxylic acids is 1. The van der Waals surface area contributed by atoms with Gasteiger partial charge in [-0.2, -0.15) is 0 Å². The zero-order chi connectivity index (χ0) is 18.4. The number of aliphatic carboxylic acids is 1. The second-order valence-corrected chi connectivity index (χ2v) is 5.12. The summed E-state index contributed by atoms with van der Waals surface area (Å²) in [5, 5.41) is 8.68. The lowest BCUT2D eigenvalue weighted by molar-refractivity contribution is -0.131. The highest BCUT2D eigenvalue weighted by Crippen LogP contribution is 2.28. The topological polar surface area (TPSA) is 37.3 Å². The molecule has 25 heavy (non-hydrogen) atoms. The van der Waals surface area contributed by atoms with Gasteiger partial charge in [-0.15, -0.1) is 0 Å². The molecule has 0 aliphatic rings. The minimum absolute atomic E-state index is 0.141. The van der Waals surface area contributed by atoms with E-state index in [4.69, 9.17) is 5.11 Å². The normalized spacial score (nSPS) is 11.3. The molecule has 0 unspecified atom stereocenters. The van der Waals surface area contributed by atoms with Crippen LogP contribution < -0.4 is 0 Å². The first kappa shape index (κ1) is 18.4. The molecule has 2 aromatic carbocycles. The van der Waals surface area contributed by atoms with Crippen LogP contribution in [0.15, 0.2) is 66.8 Å². The van der Waals surface area contributed by atoms with Gasteiger partial charge in [0.1, 0.15) is 0 Å². The van der Waals surface area contributed by atoms with Crippen molar-refractivity contribution in [2.24, 2.45) is 0 Å². The van der Waals surface area contributed by atoms with Crippen LogP contribution in [0.3, 0.4) is 0 Å². The largest absolute Gasteiger partial charge is 0.478 e. The van der Waals surface area contributed by atoms with Crippen molar-refractivity contribution in [1.82, 2.24) is 0 Å². The van der Waals surface area contributed by atoms with E-state index < -0.39 is 18.8 Å². The van der Waals surface area contributed by atoms with Crippen molar-refractivity contribution >= 4 is 11.5 Å². The summed E-state index contributed by atoms with van der Waals surface area (Å²) in [6, 6.07) is 11.0. The molecule has 0 aliphatic heterocycles. The molecular weight excluding hydrogens is 336 g/mol. The van der Waals surface area contributed by atoms with E-state index in [1.54, 1.807) is 0 Å². The van der Waals surface area contributed by atoms with Gasteiger partial charge in [0.2, 0.25) is 0 Å². The van der Waals surface area contributed by atoms with Gasteiger partial charge in [-0.3, -0.25) is 0 Å². The standard InChI is InChI=1S/C19H14F4O2/c20-18(21)14-8-4-12(5-9-14)16(2-1-3-17(24)25)13-6-10-15(11-7-13)19(22)23/h1-11,18-19H,(H,24,25)/b3-1+. The number of halogens is 4. The van der Waals surface area contributed by atoms with Gasteiger partial charge in [0.05, 0.1) is 0 Å². The molecule has 0 heterocycles. The van der Waals surface area contributed by atoms with Gasteiger partial charge < -0.3 is 5.11 Å².